The molecule has 14 heavy (non-hydrogen) atoms. The summed E-state index contributed by atoms with van der Waals surface area (Å²) in [4.78, 5) is 22.3. The van der Waals surface area contributed by atoms with Crippen molar-refractivity contribution in [3.8, 4) is 0 Å². The van der Waals surface area contributed by atoms with E-state index in [4.69, 9.17) is 5.73 Å². The normalized spacial score (nSPS) is 35.4. The molecule has 2 fully saturated rings. The van der Waals surface area contributed by atoms with E-state index in [1.54, 1.807) is 0 Å². The number of rotatable bonds is 1. The minimum absolute atomic E-state index is 0. The molecule has 0 radical (unpaired) electrons. The Morgan fingerprint density at radius 2 is 2.29 bits per heavy atom. The Balaban J connectivity index is 0.000000980. The molecule has 5 nitrogen and oxygen atoms in total. The maximum atomic E-state index is 11.5. The predicted octanol–water partition coefficient (Wildman–Crippen LogP) is -1.24. The lowest BCUT2D eigenvalue weighted by Gasteiger charge is -2.16. The van der Waals surface area contributed by atoms with Crippen LogP contribution in [0.4, 0.5) is 0 Å². The van der Waals surface area contributed by atoms with Gasteiger partial charge in [-0.05, 0) is 12.8 Å². The van der Waals surface area contributed by atoms with E-state index in [1.807, 2.05) is 0 Å². The van der Waals surface area contributed by atoms with Gasteiger partial charge in [0, 0.05) is 13.1 Å². The highest BCUT2D eigenvalue weighted by Crippen LogP contribution is 2.35. The molecule has 0 aliphatic carbocycles. The van der Waals surface area contributed by atoms with Gasteiger partial charge in [0.2, 0.25) is 11.8 Å². The van der Waals surface area contributed by atoms with Gasteiger partial charge in [0.25, 0.3) is 0 Å². The quantitative estimate of drug-likeness (QED) is 0.516. The molecule has 80 valence electrons. The van der Waals surface area contributed by atoms with Crippen LogP contribution in [0, 0.1) is 5.41 Å². The monoisotopic (exact) mass is 219 g/mol. The molecule has 1 spiro atoms. The van der Waals surface area contributed by atoms with Crippen molar-refractivity contribution in [3.63, 3.8) is 0 Å². The van der Waals surface area contributed by atoms with Crippen molar-refractivity contribution in [2.75, 3.05) is 13.1 Å². The third kappa shape index (κ3) is 1.57. The molecule has 0 aromatic heterocycles. The number of halogens is 1. The van der Waals surface area contributed by atoms with Crippen LogP contribution in [0.5, 0.6) is 0 Å². The Morgan fingerprint density at radius 3 is 2.71 bits per heavy atom. The number of primary amides is 1. The third-order valence-electron chi connectivity index (χ3n) is 3.00. The van der Waals surface area contributed by atoms with Gasteiger partial charge < -0.3 is 16.4 Å². The molecule has 2 aliphatic heterocycles. The molecule has 2 aliphatic rings. The maximum Gasteiger partial charge on any atom is 0.234 e. The van der Waals surface area contributed by atoms with E-state index in [-0.39, 0.29) is 35.7 Å². The van der Waals surface area contributed by atoms with Crippen LogP contribution >= 0.6 is 12.4 Å². The van der Waals surface area contributed by atoms with Crippen LogP contribution in [-0.2, 0) is 9.59 Å². The fourth-order valence-electron chi connectivity index (χ4n) is 2.13. The first-order valence-corrected chi connectivity index (χ1v) is 4.45. The average molecular weight is 220 g/mol. The van der Waals surface area contributed by atoms with Crippen molar-refractivity contribution >= 4 is 24.2 Å². The summed E-state index contributed by atoms with van der Waals surface area (Å²) in [6, 6.07) is -0.330. The second-order valence-corrected chi connectivity index (χ2v) is 3.83. The molecule has 2 rings (SSSR count). The molecular formula is C8H14ClN3O2. The summed E-state index contributed by atoms with van der Waals surface area (Å²) in [5.41, 5.74) is 4.80. The fraction of sp³-hybridized carbons (Fsp3) is 0.750. The predicted molar refractivity (Wildman–Crippen MR) is 52.9 cm³/mol. The highest BCUT2D eigenvalue weighted by atomic mass is 35.5. The Hall–Kier alpha value is -0.810. The van der Waals surface area contributed by atoms with Crippen LogP contribution in [-0.4, -0.2) is 30.9 Å². The zero-order valence-electron chi connectivity index (χ0n) is 7.71. The zero-order valence-corrected chi connectivity index (χ0v) is 8.52. The van der Waals surface area contributed by atoms with Gasteiger partial charge in [0.15, 0.2) is 0 Å². The molecule has 2 amide bonds. The molecule has 0 bridgehead atoms. The number of nitrogens with one attached hydrogen (secondary N) is 2. The van der Waals surface area contributed by atoms with Gasteiger partial charge in [-0.15, -0.1) is 12.4 Å². The molecule has 0 unspecified atom stereocenters. The Labute approximate surface area is 88.2 Å². The van der Waals surface area contributed by atoms with E-state index in [0.29, 0.717) is 19.5 Å². The highest BCUT2D eigenvalue weighted by Gasteiger charge is 2.49. The summed E-state index contributed by atoms with van der Waals surface area (Å²) >= 11 is 0. The van der Waals surface area contributed by atoms with E-state index in [0.717, 1.165) is 6.42 Å². The van der Waals surface area contributed by atoms with Crippen molar-refractivity contribution in [1.29, 1.82) is 0 Å². The van der Waals surface area contributed by atoms with Crippen molar-refractivity contribution in [2.45, 2.75) is 18.9 Å². The van der Waals surface area contributed by atoms with E-state index in [1.165, 1.54) is 0 Å². The molecule has 6 heteroatoms. The fourth-order valence-corrected chi connectivity index (χ4v) is 2.13. The minimum Gasteiger partial charge on any atom is -0.368 e. The molecule has 2 atom stereocenters. The van der Waals surface area contributed by atoms with Crippen LogP contribution in [0.15, 0.2) is 0 Å². The molecule has 2 heterocycles. The Kier molecular flexibility index (Phi) is 3.01. The SMILES string of the molecule is Cl.NC(=O)[C@@H]1C[C@@]2(CCNC2=O)CN1. The summed E-state index contributed by atoms with van der Waals surface area (Å²) in [5.74, 6) is -0.305. The molecule has 4 N–H and O–H groups in total. The molecule has 0 aromatic carbocycles. The summed E-state index contributed by atoms with van der Waals surface area (Å²) < 4.78 is 0. The second kappa shape index (κ2) is 3.74. The first kappa shape index (κ1) is 11.3. The van der Waals surface area contributed by atoms with Crippen LogP contribution in [0.3, 0.4) is 0 Å². The van der Waals surface area contributed by atoms with Gasteiger partial charge in [0.1, 0.15) is 0 Å². The van der Waals surface area contributed by atoms with Crippen molar-refractivity contribution in [3.05, 3.63) is 0 Å². The topological polar surface area (TPSA) is 84.2 Å². The van der Waals surface area contributed by atoms with Crippen molar-refractivity contribution in [1.82, 2.24) is 10.6 Å². The number of hydrogen-bond acceptors (Lipinski definition) is 3. The van der Waals surface area contributed by atoms with E-state index < -0.39 is 0 Å². The zero-order chi connectivity index (χ0) is 9.47. The lowest BCUT2D eigenvalue weighted by atomic mass is 9.84. The second-order valence-electron chi connectivity index (χ2n) is 3.83. The van der Waals surface area contributed by atoms with Crippen molar-refractivity contribution < 1.29 is 9.59 Å². The minimum atomic E-state index is -0.364. The van der Waals surface area contributed by atoms with Crippen LogP contribution < -0.4 is 16.4 Å². The lowest BCUT2D eigenvalue weighted by molar-refractivity contribution is -0.126. The molecular weight excluding hydrogens is 206 g/mol. The maximum absolute atomic E-state index is 11.5. The van der Waals surface area contributed by atoms with Crippen LogP contribution in [0.1, 0.15) is 12.8 Å². The van der Waals surface area contributed by atoms with Crippen LogP contribution in [0.25, 0.3) is 0 Å². The molecule has 0 saturated carbocycles. The summed E-state index contributed by atoms with van der Waals surface area (Å²) in [5, 5.41) is 5.76. The molecule has 2 saturated heterocycles. The highest BCUT2D eigenvalue weighted by molar-refractivity contribution is 5.88. The van der Waals surface area contributed by atoms with E-state index in [9.17, 15) is 9.59 Å². The number of carbonyl (C=O) groups is 2. The van der Waals surface area contributed by atoms with E-state index >= 15 is 0 Å². The van der Waals surface area contributed by atoms with Gasteiger partial charge >= 0.3 is 0 Å². The van der Waals surface area contributed by atoms with Gasteiger partial charge in [-0.3, -0.25) is 9.59 Å². The number of hydrogen-bond donors (Lipinski definition) is 3. The van der Waals surface area contributed by atoms with E-state index in [2.05, 4.69) is 10.6 Å². The van der Waals surface area contributed by atoms with Crippen molar-refractivity contribution in [2.24, 2.45) is 11.1 Å². The number of carbonyl (C=O) groups excluding carboxylic acids is 2. The smallest absolute Gasteiger partial charge is 0.234 e. The van der Waals surface area contributed by atoms with Crippen LogP contribution in [0.2, 0.25) is 0 Å². The van der Waals surface area contributed by atoms with Gasteiger partial charge in [-0.25, -0.2) is 0 Å². The summed E-state index contributed by atoms with van der Waals surface area (Å²) in [6.45, 7) is 1.29. The third-order valence-corrected chi connectivity index (χ3v) is 3.00. The first-order valence-electron chi connectivity index (χ1n) is 4.45. The van der Waals surface area contributed by atoms with Gasteiger partial charge in [-0.1, -0.05) is 0 Å². The van der Waals surface area contributed by atoms with Gasteiger partial charge in [-0.2, -0.15) is 0 Å². The summed E-state index contributed by atoms with van der Waals surface area (Å²) in [6.07, 6.45) is 1.36. The number of nitrogens with two attached hydrogens (primary N) is 1. The Morgan fingerprint density at radius 1 is 1.57 bits per heavy atom. The number of amides is 2. The molecule has 0 aromatic rings. The largest absolute Gasteiger partial charge is 0.368 e. The first-order chi connectivity index (χ1) is 6.14. The van der Waals surface area contributed by atoms with Gasteiger partial charge in [0.05, 0.1) is 11.5 Å². The standard InChI is InChI=1S/C8H13N3O2.ClH/c9-6(12)5-3-8(4-11-5)1-2-10-7(8)13;/h5,11H,1-4H2,(H2,9,12)(H,10,13);1H/t5-,8-;/m0./s1. The average Bonchev–Trinajstić information content (AvgIpc) is 2.63. The summed E-state index contributed by atoms with van der Waals surface area (Å²) in [7, 11) is 0. The Bertz CT molecular complexity index is 271. The lowest BCUT2D eigenvalue weighted by Crippen LogP contribution is -2.36.